The van der Waals surface area contributed by atoms with Gasteiger partial charge in [0.25, 0.3) is 0 Å². The summed E-state index contributed by atoms with van der Waals surface area (Å²) in [7, 11) is -6.00. The molecule has 1 aromatic rings. The summed E-state index contributed by atoms with van der Waals surface area (Å²) in [6.07, 6.45) is 0. The highest BCUT2D eigenvalue weighted by molar-refractivity contribution is 6.50. The van der Waals surface area contributed by atoms with Crippen LogP contribution in [0.5, 0.6) is 0 Å². The molecule has 1 rings (SSSR count). The first-order chi connectivity index (χ1) is 6.86. The zero-order valence-electron chi connectivity index (χ0n) is 7.24. The van der Waals surface area contributed by atoms with Crippen molar-refractivity contribution >= 4 is 12.9 Å². The van der Waals surface area contributed by atoms with Gasteiger partial charge in [-0.3, -0.25) is 0 Å². The van der Waals surface area contributed by atoms with E-state index in [4.69, 9.17) is 10.7 Å². The molecule has 0 radical (unpaired) electrons. The first kappa shape index (κ1) is 12.9. The zero-order chi connectivity index (χ0) is 11.9. The minimum Gasteiger partial charge on any atom is -0.418 e. The average Bonchev–Trinajstić information content (AvgIpc) is 2.15. The molecular weight excluding hydrogens is 213 g/mol. The third-order valence-corrected chi connectivity index (χ3v) is 1.11. The van der Waals surface area contributed by atoms with Gasteiger partial charge in [0.2, 0.25) is 5.39 Å². The van der Waals surface area contributed by atoms with Crippen LogP contribution in [-0.4, -0.2) is 7.25 Å². The van der Waals surface area contributed by atoms with Crippen molar-refractivity contribution in [3.8, 4) is 6.07 Å². The van der Waals surface area contributed by atoms with Crippen LogP contribution in [0, 0.1) is 16.7 Å². The predicted octanol–water partition coefficient (Wildman–Crippen LogP) is 3.34. The van der Waals surface area contributed by atoms with Crippen LogP contribution in [0.1, 0.15) is 5.56 Å². The normalized spacial score (nSPS) is 9.20. The number of benzene rings is 1. The van der Waals surface area contributed by atoms with Crippen molar-refractivity contribution in [1.82, 2.24) is 0 Å². The van der Waals surface area contributed by atoms with Crippen LogP contribution in [0.4, 0.5) is 23.0 Å². The molecule has 0 fully saturated rings. The number of nitriles is 1. The van der Waals surface area contributed by atoms with Gasteiger partial charge >= 0.3 is 12.9 Å². The summed E-state index contributed by atoms with van der Waals surface area (Å²) < 4.78 is 39.0. The SMILES string of the molecule is F[B-](F)(F)F.N#Cc1ccc([N+]#N)cc1. The summed E-state index contributed by atoms with van der Waals surface area (Å²) in [5.74, 6) is 0. The van der Waals surface area contributed by atoms with Gasteiger partial charge in [-0.05, 0) is 12.1 Å². The molecule has 15 heavy (non-hydrogen) atoms. The van der Waals surface area contributed by atoms with E-state index >= 15 is 0 Å². The summed E-state index contributed by atoms with van der Waals surface area (Å²) in [6, 6.07) is 8.28. The van der Waals surface area contributed by atoms with Crippen LogP contribution in [-0.2, 0) is 0 Å². The molecule has 0 spiro atoms. The third kappa shape index (κ3) is 8.25. The zero-order valence-corrected chi connectivity index (χ0v) is 7.24. The second kappa shape index (κ2) is 5.60. The molecule has 0 unspecified atom stereocenters. The quantitative estimate of drug-likeness (QED) is 0.380. The fraction of sp³-hybridized carbons (Fsp3) is 0. The van der Waals surface area contributed by atoms with Gasteiger partial charge in [-0.2, -0.15) is 5.26 Å². The largest absolute Gasteiger partial charge is 0.673 e. The van der Waals surface area contributed by atoms with Crippen LogP contribution in [0.15, 0.2) is 24.3 Å². The van der Waals surface area contributed by atoms with E-state index in [0.29, 0.717) is 11.3 Å². The number of halogens is 4. The van der Waals surface area contributed by atoms with Crippen LogP contribution in [0.25, 0.3) is 4.98 Å². The molecule has 0 N–H and O–H groups in total. The maximum atomic E-state index is 9.75. The molecule has 0 aromatic heterocycles. The summed E-state index contributed by atoms with van der Waals surface area (Å²) in [5, 5.41) is 16.6. The van der Waals surface area contributed by atoms with E-state index in [9.17, 15) is 17.3 Å². The van der Waals surface area contributed by atoms with E-state index in [0.717, 1.165) is 0 Å². The summed E-state index contributed by atoms with van der Waals surface area (Å²) in [5.41, 5.74) is 1.02. The molecule has 1 aromatic carbocycles. The average molecular weight is 217 g/mol. The lowest BCUT2D eigenvalue weighted by Gasteiger charge is -1.94. The van der Waals surface area contributed by atoms with Crippen molar-refractivity contribution < 1.29 is 17.3 Å². The van der Waals surface area contributed by atoms with E-state index in [1.54, 1.807) is 24.3 Å². The summed E-state index contributed by atoms with van der Waals surface area (Å²) in [4.78, 5) is 2.94. The van der Waals surface area contributed by atoms with Gasteiger partial charge in [0.1, 0.15) is 0 Å². The maximum absolute atomic E-state index is 9.75. The Morgan fingerprint density at radius 1 is 1.07 bits per heavy atom. The number of hydrogen-bond donors (Lipinski definition) is 0. The van der Waals surface area contributed by atoms with Crippen molar-refractivity contribution in [2.75, 3.05) is 0 Å². The lowest BCUT2D eigenvalue weighted by Crippen LogP contribution is -2.02. The van der Waals surface area contributed by atoms with Crippen LogP contribution in [0.2, 0.25) is 0 Å². The van der Waals surface area contributed by atoms with Crippen LogP contribution in [0.3, 0.4) is 0 Å². The first-order valence-corrected chi connectivity index (χ1v) is 3.59. The van der Waals surface area contributed by atoms with Crippen LogP contribution >= 0.6 is 0 Å². The molecule has 0 heterocycles. The van der Waals surface area contributed by atoms with Crippen molar-refractivity contribution in [3.63, 3.8) is 0 Å². The Kier molecular flexibility index (Phi) is 4.83. The summed E-state index contributed by atoms with van der Waals surface area (Å²) in [6.45, 7) is 0. The molecule has 0 atom stereocenters. The Hall–Kier alpha value is -2.09. The molecule has 0 saturated carbocycles. The Bertz CT molecular complexity index is 348. The lowest BCUT2D eigenvalue weighted by atomic mass is 10.2. The predicted molar refractivity (Wildman–Crippen MR) is 46.1 cm³/mol. The Morgan fingerprint density at radius 2 is 1.47 bits per heavy atom. The number of diazo groups is 1. The van der Waals surface area contributed by atoms with Crippen LogP contribution < -0.4 is 0 Å². The van der Waals surface area contributed by atoms with E-state index in [1.165, 1.54) is 0 Å². The fourth-order valence-electron chi connectivity index (χ4n) is 0.603. The maximum Gasteiger partial charge on any atom is 0.673 e. The topological polar surface area (TPSA) is 51.9 Å². The van der Waals surface area contributed by atoms with Gasteiger partial charge in [0.15, 0.2) is 4.98 Å². The molecule has 0 aliphatic carbocycles. The van der Waals surface area contributed by atoms with Gasteiger partial charge in [-0.15, -0.1) is 0 Å². The molecule has 0 aliphatic rings. The molecule has 8 heteroatoms. The van der Waals surface area contributed by atoms with E-state index in [2.05, 4.69) is 4.98 Å². The molecule has 0 amide bonds. The second-order valence-electron chi connectivity index (χ2n) is 2.25. The van der Waals surface area contributed by atoms with Gasteiger partial charge in [0, 0.05) is 12.1 Å². The molecular formula is C7H4BF4N3. The second-order valence-corrected chi connectivity index (χ2v) is 2.25. The van der Waals surface area contributed by atoms with Crippen molar-refractivity contribution in [2.24, 2.45) is 0 Å². The van der Waals surface area contributed by atoms with Gasteiger partial charge in [0.05, 0.1) is 11.6 Å². The highest BCUT2D eigenvalue weighted by Crippen LogP contribution is 2.11. The van der Waals surface area contributed by atoms with Crippen molar-refractivity contribution in [2.45, 2.75) is 0 Å². The highest BCUT2D eigenvalue weighted by atomic mass is 19.5. The molecule has 78 valence electrons. The highest BCUT2D eigenvalue weighted by Gasteiger charge is 2.20. The van der Waals surface area contributed by atoms with Gasteiger partial charge in [-0.1, -0.05) is 0 Å². The van der Waals surface area contributed by atoms with E-state index < -0.39 is 7.25 Å². The fourth-order valence-corrected chi connectivity index (χ4v) is 0.603. The van der Waals surface area contributed by atoms with E-state index in [-0.39, 0.29) is 0 Å². The van der Waals surface area contributed by atoms with E-state index in [1.807, 2.05) is 6.07 Å². The smallest absolute Gasteiger partial charge is 0.418 e. The minimum absolute atomic E-state index is 0.457. The number of rotatable bonds is 0. The summed E-state index contributed by atoms with van der Waals surface area (Å²) >= 11 is 0. The number of hydrogen-bond acceptors (Lipinski definition) is 2. The first-order valence-electron chi connectivity index (χ1n) is 3.59. The van der Waals surface area contributed by atoms with Crippen molar-refractivity contribution in [1.29, 1.82) is 10.7 Å². The lowest BCUT2D eigenvalue weighted by molar-refractivity contribution is 0.368. The Balaban J connectivity index is 0.000000336. The third-order valence-electron chi connectivity index (χ3n) is 1.11. The van der Waals surface area contributed by atoms with Gasteiger partial charge in [-0.25, -0.2) is 0 Å². The minimum atomic E-state index is -6.00. The molecule has 0 bridgehead atoms. The monoisotopic (exact) mass is 217 g/mol. The Labute approximate surface area is 82.7 Å². The number of nitrogens with zero attached hydrogens (tertiary/aromatic N) is 3. The van der Waals surface area contributed by atoms with Gasteiger partial charge < -0.3 is 17.3 Å². The molecule has 0 saturated heterocycles. The van der Waals surface area contributed by atoms with Crippen molar-refractivity contribution in [3.05, 3.63) is 34.8 Å². The Morgan fingerprint density at radius 3 is 1.73 bits per heavy atom. The standard InChI is InChI=1S/C7H4N3.BF4/c8-5-6-1-3-7(10-9)4-2-6;2-1(3,4)5/h1-4H;/q+1;-1. The molecule has 0 aliphatic heterocycles. The molecule has 3 nitrogen and oxygen atoms in total.